The molecule has 0 aromatic carbocycles. The van der Waals surface area contributed by atoms with Gasteiger partial charge in [-0.05, 0) is 68.1 Å². The number of rotatable bonds is 6. The normalized spacial score (nSPS) is 42.3. The molecule has 5 aliphatic carbocycles. The van der Waals surface area contributed by atoms with Crippen molar-refractivity contribution in [3.8, 4) is 0 Å². The van der Waals surface area contributed by atoms with Crippen LogP contribution in [0.15, 0.2) is 0 Å². The first-order chi connectivity index (χ1) is 11.2. The fourth-order valence-electron chi connectivity index (χ4n) is 6.64. The van der Waals surface area contributed by atoms with Crippen LogP contribution in [-0.4, -0.2) is 25.2 Å². The molecule has 5 saturated carbocycles. The van der Waals surface area contributed by atoms with Crippen molar-refractivity contribution in [1.82, 2.24) is 5.32 Å². The standard InChI is InChI=1S/C20H33NO2/c1-23-20(13-21-19(22)7-6-14-4-2-3-5-14)17-9-15-8-16(11-17)12-18(20)10-15/h14-18H,2-13H2,1H3,(H,21,22). The van der Waals surface area contributed by atoms with E-state index in [4.69, 9.17) is 4.74 Å². The largest absolute Gasteiger partial charge is 0.376 e. The van der Waals surface area contributed by atoms with E-state index in [0.717, 1.165) is 30.7 Å². The number of carbonyl (C=O) groups excluding carboxylic acids is 1. The van der Waals surface area contributed by atoms with E-state index in [2.05, 4.69) is 5.32 Å². The summed E-state index contributed by atoms with van der Waals surface area (Å²) in [6.07, 6.45) is 14.0. The summed E-state index contributed by atoms with van der Waals surface area (Å²) in [6, 6.07) is 0. The topological polar surface area (TPSA) is 38.3 Å². The van der Waals surface area contributed by atoms with Crippen molar-refractivity contribution >= 4 is 5.91 Å². The van der Waals surface area contributed by atoms with E-state index in [1.165, 1.54) is 57.8 Å². The van der Waals surface area contributed by atoms with Gasteiger partial charge in [-0.15, -0.1) is 0 Å². The van der Waals surface area contributed by atoms with E-state index >= 15 is 0 Å². The Kier molecular flexibility index (Phi) is 4.42. The Morgan fingerprint density at radius 1 is 1.04 bits per heavy atom. The van der Waals surface area contributed by atoms with Crippen LogP contribution in [0.5, 0.6) is 0 Å². The fourth-order valence-corrected chi connectivity index (χ4v) is 6.64. The minimum Gasteiger partial charge on any atom is -0.376 e. The van der Waals surface area contributed by atoms with Crippen LogP contribution in [-0.2, 0) is 9.53 Å². The molecule has 1 amide bonds. The van der Waals surface area contributed by atoms with Crippen LogP contribution >= 0.6 is 0 Å². The van der Waals surface area contributed by atoms with Crippen LogP contribution in [0.4, 0.5) is 0 Å². The van der Waals surface area contributed by atoms with Gasteiger partial charge in [-0.2, -0.15) is 0 Å². The molecule has 0 radical (unpaired) electrons. The Hall–Kier alpha value is -0.570. The Bertz CT molecular complexity index is 413. The number of methoxy groups -OCH3 is 1. The van der Waals surface area contributed by atoms with Gasteiger partial charge < -0.3 is 10.1 Å². The van der Waals surface area contributed by atoms with Crippen molar-refractivity contribution in [3.05, 3.63) is 0 Å². The maximum absolute atomic E-state index is 12.3. The molecule has 3 heteroatoms. The zero-order valence-electron chi connectivity index (χ0n) is 14.7. The summed E-state index contributed by atoms with van der Waals surface area (Å²) in [7, 11) is 1.88. The summed E-state index contributed by atoms with van der Waals surface area (Å²) < 4.78 is 6.13. The SMILES string of the molecule is COC1(CNC(=O)CCC2CCCC2)C2CC3CC(C2)CC1C3. The second-order valence-corrected chi connectivity index (χ2v) is 8.93. The Balaban J connectivity index is 1.32. The average Bonchev–Trinajstić information content (AvgIpc) is 3.06. The zero-order chi connectivity index (χ0) is 15.9. The molecular formula is C20H33NO2. The maximum Gasteiger partial charge on any atom is 0.220 e. The summed E-state index contributed by atoms with van der Waals surface area (Å²) in [5, 5.41) is 3.26. The minimum atomic E-state index is -0.0591. The van der Waals surface area contributed by atoms with Gasteiger partial charge in [0.25, 0.3) is 0 Å². The highest BCUT2D eigenvalue weighted by atomic mass is 16.5. The number of amides is 1. The van der Waals surface area contributed by atoms with Gasteiger partial charge in [0.2, 0.25) is 5.91 Å². The second-order valence-electron chi connectivity index (χ2n) is 8.93. The lowest BCUT2D eigenvalue weighted by molar-refractivity contribution is -0.188. The van der Waals surface area contributed by atoms with Crippen LogP contribution < -0.4 is 5.32 Å². The van der Waals surface area contributed by atoms with Crippen molar-refractivity contribution in [1.29, 1.82) is 0 Å². The zero-order valence-corrected chi connectivity index (χ0v) is 14.7. The molecule has 0 heterocycles. The summed E-state index contributed by atoms with van der Waals surface area (Å²) in [6.45, 7) is 0.752. The fraction of sp³-hybridized carbons (Fsp3) is 0.950. The van der Waals surface area contributed by atoms with E-state index < -0.39 is 0 Å². The Labute approximate surface area is 140 Å². The van der Waals surface area contributed by atoms with Gasteiger partial charge in [0.05, 0.1) is 5.60 Å². The highest BCUT2D eigenvalue weighted by Gasteiger charge is 2.57. The molecule has 1 N–H and O–H groups in total. The molecule has 0 unspecified atom stereocenters. The van der Waals surface area contributed by atoms with Crippen molar-refractivity contribution in [2.75, 3.05) is 13.7 Å². The van der Waals surface area contributed by atoms with Gasteiger partial charge in [-0.1, -0.05) is 25.7 Å². The summed E-state index contributed by atoms with van der Waals surface area (Å²) >= 11 is 0. The molecule has 0 saturated heterocycles. The highest BCUT2D eigenvalue weighted by Crippen LogP contribution is 2.59. The van der Waals surface area contributed by atoms with Crippen LogP contribution in [0.2, 0.25) is 0 Å². The number of hydrogen-bond acceptors (Lipinski definition) is 2. The van der Waals surface area contributed by atoms with Crippen molar-refractivity contribution in [2.45, 2.75) is 76.2 Å². The monoisotopic (exact) mass is 319 g/mol. The van der Waals surface area contributed by atoms with E-state index in [1.54, 1.807) is 0 Å². The van der Waals surface area contributed by atoms with Gasteiger partial charge in [-0.3, -0.25) is 4.79 Å². The molecule has 3 nitrogen and oxygen atoms in total. The van der Waals surface area contributed by atoms with Gasteiger partial charge in [-0.25, -0.2) is 0 Å². The lowest BCUT2D eigenvalue weighted by Gasteiger charge is -2.60. The van der Waals surface area contributed by atoms with E-state index in [0.29, 0.717) is 18.3 Å². The maximum atomic E-state index is 12.3. The predicted octanol–water partition coefficient (Wildman–Crippen LogP) is 3.91. The molecule has 0 aromatic heterocycles. The van der Waals surface area contributed by atoms with Crippen molar-refractivity contribution in [3.63, 3.8) is 0 Å². The third kappa shape index (κ3) is 2.94. The average molecular weight is 319 g/mol. The molecule has 4 bridgehead atoms. The van der Waals surface area contributed by atoms with Gasteiger partial charge in [0.15, 0.2) is 0 Å². The second kappa shape index (κ2) is 6.38. The summed E-state index contributed by atoms with van der Waals surface area (Å²) in [5.41, 5.74) is -0.0591. The molecule has 23 heavy (non-hydrogen) atoms. The predicted molar refractivity (Wildman–Crippen MR) is 91.0 cm³/mol. The molecule has 130 valence electrons. The molecule has 0 aromatic rings. The van der Waals surface area contributed by atoms with Gasteiger partial charge in [0.1, 0.15) is 0 Å². The van der Waals surface area contributed by atoms with E-state index in [-0.39, 0.29) is 11.5 Å². The molecular weight excluding hydrogens is 286 g/mol. The van der Waals surface area contributed by atoms with Crippen LogP contribution in [0.3, 0.4) is 0 Å². The number of ether oxygens (including phenoxy) is 1. The molecule has 5 fully saturated rings. The number of carbonyl (C=O) groups is 1. The van der Waals surface area contributed by atoms with Crippen LogP contribution in [0.1, 0.15) is 70.6 Å². The molecule has 5 aliphatic rings. The first-order valence-electron chi connectivity index (χ1n) is 10.0. The summed E-state index contributed by atoms with van der Waals surface area (Å²) in [5.74, 6) is 4.30. The van der Waals surface area contributed by atoms with Crippen LogP contribution in [0.25, 0.3) is 0 Å². The first-order valence-corrected chi connectivity index (χ1v) is 10.0. The third-order valence-electron chi connectivity index (χ3n) is 7.72. The highest BCUT2D eigenvalue weighted by molar-refractivity contribution is 5.75. The lowest BCUT2D eigenvalue weighted by Crippen LogP contribution is -2.63. The Morgan fingerprint density at radius 3 is 2.22 bits per heavy atom. The molecule has 0 spiro atoms. The Morgan fingerprint density at radius 2 is 1.65 bits per heavy atom. The van der Waals surface area contributed by atoms with E-state index in [9.17, 15) is 4.79 Å². The first kappa shape index (κ1) is 15.9. The van der Waals surface area contributed by atoms with E-state index in [1.807, 2.05) is 7.11 Å². The van der Waals surface area contributed by atoms with Crippen LogP contribution in [0, 0.1) is 29.6 Å². The summed E-state index contributed by atoms with van der Waals surface area (Å²) in [4.78, 5) is 12.3. The molecule has 0 atom stereocenters. The minimum absolute atomic E-state index is 0.0591. The molecule has 5 rings (SSSR count). The van der Waals surface area contributed by atoms with Crippen molar-refractivity contribution < 1.29 is 9.53 Å². The number of nitrogens with one attached hydrogen (secondary N) is 1. The quantitative estimate of drug-likeness (QED) is 0.806. The van der Waals surface area contributed by atoms with Gasteiger partial charge in [0, 0.05) is 20.1 Å². The molecule has 0 aliphatic heterocycles. The number of hydrogen-bond donors (Lipinski definition) is 1. The smallest absolute Gasteiger partial charge is 0.220 e. The lowest BCUT2D eigenvalue weighted by atomic mass is 9.49. The van der Waals surface area contributed by atoms with Crippen molar-refractivity contribution in [2.24, 2.45) is 29.6 Å². The third-order valence-corrected chi connectivity index (χ3v) is 7.72. The van der Waals surface area contributed by atoms with Gasteiger partial charge >= 0.3 is 0 Å².